The number of phenols is 2. The Balaban J connectivity index is 0.800. The molecule has 0 bridgehead atoms. The highest BCUT2D eigenvalue weighted by Crippen LogP contribution is 2.41. The van der Waals surface area contributed by atoms with E-state index in [1.807, 2.05) is 51.1 Å². The van der Waals surface area contributed by atoms with Crippen LogP contribution in [0.1, 0.15) is 73.4 Å². The van der Waals surface area contributed by atoms with Gasteiger partial charge in [-0.3, -0.25) is 14.6 Å². The molecule has 1 saturated heterocycles. The van der Waals surface area contributed by atoms with E-state index in [4.69, 9.17) is 14.5 Å². The molecule has 1 fully saturated rings. The minimum atomic E-state index is -1.91. The van der Waals surface area contributed by atoms with Crippen molar-refractivity contribution in [2.75, 3.05) is 46.3 Å². The number of H-pyrrole nitrogens is 1. The number of rotatable bonds is 11. The number of esters is 1. The van der Waals surface area contributed by atoms with Crippen molar-refractivity contribution in [3.05, 3.63) is 115 Å². The van der Waals surface area contributed by atoms with Crippen molar-refractivity contribution < 1.29 is 34.4 Å². The number of amides is 1. The number of aryl methyl sites for hydroxylation is 1. The highest BCUT2D eigenvalue weighted by molar-refractivity contribution is 5.90. The Bertz CT molecular complexity index is 2980. The molecule has 3 aliphatic heterocycles. The van der Waals surface area contributed by atoms with E-state index in [0.29, 0.717) is 59.0 Å². The van der Waals surface area contributed by atoms with Gasteiger partial charge in [0.05, 0.1) is 40.3 Å². The number of phenolic OH excluding ortho intramolecular Hbond substituents is 2. The molecule has 0 spiro atoms. The van der Waals surface area contributed by atoms with Crippen LogP contribution in [0, 0.1) is 0 Å². The van der Waals surface area contributed by atoms with Crippen LogP contribution in [-0.2, 0) is 41.2 Å². The van der Waals surface area contributed by atoms with Gasteiger partial charge < -0.3 is 34.3 Å². The fourth-order valence-electron chi connectivity index (χ4n) is 9.30. The number of nitrogens with one attached hydrogen (secondary N) is 1. The molecule has 9 rings (SSSR count). The molecule has 3 aromatic carbocycles. The number of aromatic nitrogens is 5. The van der Waals surface area contributed by atoms with Crippen LogP contribution in [-0.4, -0.2) is 113 Å². The van der Waals surface area contributed by atoms with Gasteiger partial charge in [-0.15, -0.1) is 0 Å². The fraction of sp³-hybridized carbons (Fsp3) is 0.375. The van der Waals surface area contributed by atoms with Crippen molar-refractivity contribution in [3.63, 3.8) is 0 Å². The highest BCUT2D eigenvalue weighted by atomic mass is 16.6. The number of piperazine rings is 1. The number of hydrogen-bond donors (Lipinski definition) is 4. The summed E-state index contributed by atoms with van der Waals surface area (Å²) < 4.78 is 14.1. The van der Waals surface area contributed by atoms with Crippen molar-refractivity contribution in [1.82, 2.24) is 39.0 Å². The first-order valence-corrected chi connectivity index (χ1v) is 22.0. The van der Waals surface area contributed by atoms with Crippen LogP contribution in [0.4, 0.5) is 4.79 Å². The Kier molecular flexibility index (Phi) is 11.3. The molecule has 1 atom stereocenters. The van der Waals surface area contributed by atoms with Gasteiger partial charge in [0, 0.05) is 75.4 Å². The zero-order valence-electron chi connectivity index (χ0n) is 37.1. The Morgan fingerprint density at radius 2 is 1.69 bits per heavy atom. The number of aromatic amines is 1. The average Bonchev–Trinajstić information content (AvgIpc) is 3.86. The second kappa shape index (κ2) is 17.0. The molecule has 338 valence electrons. The molecule has 6 heterocycles. The number of carbonyl (C=O) groups is 2. The Morgan fingerprint density at radius 1 is 0.954 bits per heavy atom. The number of fused-ring (bicyclic) bond motifs is 5. The predicted octanol–water partition coefficient (Wildman–Crippen LogP) is 4.97. The van der Waals surface area contributed by atoms with Gasteiger partial charge in [0.1, 0.15) is 23.9 Å². The second-order valence-electron chi connectivity index (χ2n) is 17.4. The Hall–Kier alpha value is -6.82. The van der Waals surface area contributed by atoms with Gasteiger partial charge in [-0.1, -0.05) is 39.8 Å². The molecule has 17 nitrogen and oxygen atoms in total. The molecule has 0 unspecified atom stereocenters. The van der Waals surface area contributed by atoms with Crippen LogP contribution in [0.3, 0.4) is 0 Å². The molecule has 17 heteroatoms. The average molecular weight is 885 g/mol. The molecule has 0 saturated carbocycles. The van der Waals surface area contributed by atoms with Crippen LogP contribution in [0.25, 0.3) is 39.4 Å². The molecule has 4 N–H and O–H groups in total. The summed E-state index contributed by atoms with van der Waals surface area (Å²) in [7, 11) is 1.72. The number of cyclic esters (lactones) is 1. The Morgan fingerprint density at radius 3 is 2.40 bits per heavy atom. The molecule has 0 aliphatic carbocycles. The first-order chi connectivity index (χ1) is 31.2. The van der Waals surface area contributed by atoms with Gasteiger partial charge in [-0.05, 0) is 77.9 Å². The lowest BCUT2D eigenvalue weighted by Crippen LogP contribution is -2.48. The van der Waals surface area contributed by atoms with Crippen molar-refractivity contribution in [1.29, 1.82) is 0 Å². The van der Waals surface area contributed by atoms with E-state index >= 15 is 0 Å². The monoisotopic (exact) mass is 884 g/mol. The van der Waals surface area contributed by atoms with E-state index in [0.717, 1.165) is 54.8 Å². The molecule has 6 aromatic rings. The third-order valence-electron chi connectivity index (χ3n) is 13.1. The zero-order chi connectivity index (χ0) is 45.9. The maximum absolute atomic E-state index is 13.7. The Labute approximate surface area is 374 Å². The third kappa shape index (κ3) is 7.72. The molecule has 0 radical (unpaired) electrons. The summed E-state index contributed by atoms with van der Waals surface area (Å²) in [6.07, 6.45) is 0.215. The summed E-state index contributed by atoms with van der Waals surface area (Å²) in [5.74, 6) is -0.342. The van der Waals surface area contributed by atoms with Crippen LogP contribution >= 0.6 is 0 Å². The van der Waals surface area contributed by atoms with Gasteiger partial charge >= 0.3 is 17.8 Å². The summed E-state index contributed by atoms with van der Waals surface area (Å²) in [5.41, 5.74) is 4.20. The number of hydrogen-bond acceptors (Lipinski definition) is 13. The van der Waals surface area contributed by atoms with Gasteiger partial charge in [0.2, 0.25) is 0 Å². The normalized spacial score (nSPS) is 17.2. The number of pyridine rings is 2. The first-order valence-electron chi connectivity index (χ1n) is 22.0. The van der Waals surface area contributed by atoms with Crippen molar-refractivity contribution >= 4 is 23.0 Å². The number of aliphatic hydroxyl groups is 1. The third-order valence-corrected chi connectivity index (χ3v) is 13.1. The largest absolute Gasteiger partial charge is 0.508 e. The number of likely N-dealkylation sites (N-methyl/N-ethyl adjacent to an activating group) is 1. The van der Waals surface area contributed by atoms with Gasteiger partial charge in [-0.25, -0.2) is 29.0 Å². The van der Waals surface area contributed by atoms with Crippen LogP contribution in [0.15, 0.2) is 70.3 Å². The second-order valence-corrected chi connectivity index (χ2v) is 17.4. The van der Waals surface area contributed by atoms with Gasteiger partial charge in [-0.2, -0.15) is 5.10 Å². The molecule has 65 heavy (non-hydrogen) atoms. The summed E-state index contributed by atoms with van der Waals surface area (Å²) in [5, 5.41) is 39.8. The quantitative estimate of drug-likeness (QED) is 0.127. The predicted molar refractivity (Wildman–Crippen MR) is 241 cm³/mol. The summed E-state index contributed by atoms with van der Waals surface area (Å²) in [6.45, 7) is 12.9. The SMILES string of the molecule is CCc1c2c(nc3ccc(OC(=O)N(C)CCN4CCN(Cc5ccc(-n6c(-c7cc(C(C)C)c(O)cc7O)n[nH]c6=O)cc5)CC4)cc13)-c1cc3c(c(=O)n1C2)COC(=O)[C@]3(O)CC. The molecule has 3 aliphatic rings. The smallest absolute Gasteiger partial charge is 0.415 e. The maximum atomic E-state index is 13.7. The van der Waals surface area contributed by atoms with Crippen molar-refractivity contribution in [3.8, 4) is 45.7 Å². The first kappa shape index (κ1) is 43.4. The molecular weight excluding hydrogens is 833 g/mol. The number of ether oxygens (including phenoxy) is 2. The van der Waals surface area contributed by atoms with E-state index < -0.39 is 23.4 Å². The number of nitrogens with zero attached hydrogens (tertiary/aromatic N) is 7. The van der Waals surface area contributed by atoms with E-state index in [9.17, 15) is 34.5 Å². The minimum absolute atomic E-state index is 0.0104. The molecule has 1 amide bonds. The van der Waals surface area contributed by atoms with Crippen LogP contribution < -0.4 is 16.0 Å². The van der Waals surface area contributed by atoms with E-state index in [-0.39, 0.29) is 59.5 Å². The van der Waals surface area contributed by atoms with E-state index in [1.165, 1.54) is 10.6 Å². The lowest BCUT2D eigenvalue weighted by molar-refractivity contribution is -0.172. The maximum Gasteiger partial charge on any atom is 0.415 e. The van der Waals surface area contributed by atoms with Crippen molar-refractivity contribution in [2.45, 2.75) is 71.8 Å². The van der Waals surface area contributed by atoms with Crippen molar-refractivity contribution in [2.24, 2.45) is 0 Å². The van der Waals surface area contributed by atoms with Crippen LogP contribution in [0.5, 0.6) is 17.2 Å². The lowest BCUT2D eigenvalue weighted by atomic mass is 9.86. The fourth-order valence-corrected chi connectivity index (χ4v) is 9.30. The van der Waals surface area contributed by atoms with E-state index in [1.54, 1.807) is 47.7 Å². The topological polar surface area (TPSA) is 209 Å². The number of carbonyl (C=O) groups excluding carboxylic acids is 2. The summed E-state index contributed by atoms with van der Waals surface area (Å²) in [6, 6.07) is 17.6. The van der Waals surface area contributed by atoms with Crippen LogP contribution in [0.2, 0.25) is 0 Å². The summed E-state index contributed by atoms with van der Waals surface area (Å²) >= 11 is 0. The van der Waals surface area contributed by atoms with Gasteiger partial charge in [0.25, 0.3) is 5.56 Å². The van der Waals surface area contributed by atoms with E-state index in [2.05, 4.69) is 20.0 Å². The number of aromatic hydroxyl groups is 2. The standard InChI is InChI=1S/C48H52N8O9/c1-6-31-33-20-30(12-13-38(33)49-42-35(31)25-55-39(42)22-37-36(44(55)59)26-64-45(60)48(37,63)7-2)65-47(62)52(5)14-15-53-16-18-54(19-17-53)24-28-8-10-29(11-9-28)56-43(50-51-46(56)61)34-21-32(27(3)4)40(57)23-41(34)58/h8-13,20-23,27,57-58,63H,6-7,14-19,24-26H2,1-5H3,(H,51,61)/t48-/m0/s1. The highest BCUT2D eigenvalue weighted by Gasteiger charge is 2.45. The zero-order valence-corrected chi connectivity index (χ0v) is 37.1. The lowest BCUT2D eigenvalue weighted by Gasteiger charge is -2.35. The van der Waals surface area contributed by atoms with Gasteiger partial charge in [0.15, 0.2) is 11.4 Å². The summed E-state index contributed by atoms with van der Waals surface area (Å²) in [4.78, 5) is 63.8. The minimum Gasteiger partial charge on any atom is -0.508 e. The molecular formula is C48H52N8O9. The molecule has 3 aromatic heterocycles. The number of benzene rings is 3.